The van der Waals surface area contributed by atoms with Crippen molar-refractivity contribution in [2.75, 3.05) is 13.1 Å². The molecule has 1 heterocycles. The van der Waals surface area contributed by atoms with Crippen molar-refractivity contribution in [3.8, 4) is 5.75 Å². The molecule has 0 amide bonds. The predicted octanol–water partition coefficient (Wildman–Crippen LogP) is 1.78. The molecule has 1 saturated heterocycles. The minimum Gasteiger partial charge on any atom is -0.508 e. The monoisotopic (exact) mass is 177 g/mol. The molecule has 0 saturated carbocycles. The number of aryl methyl sites for hydroxylation is 1. The van der Waals surface area contributed by atoms with Gasteiger partial charge >= 0.3 is 0 Å². The molecule has 0 aromatic heterocycles. The summed E-state index contributed by atoms with van der Waals surface area (Å²) in [4.78, 5) is 0. The van der Waals surface area contributed by atoms with Crippen LogP contribution in [-0.2, 0) is 0 Å². The summed E-state index contributed by atoms with van der Waals surface area (Å²) in [6.07, 6.45) is 1.18. The van der Waals surface area contributed by atoms with Crippen LogP contribution < -0.4 is 5.32 Å². The van der Waals surface area contributed by atoms with Crippen LogP contribution in [-0.4, -0.2) is 18.2 Å². The highest BCUT2D eigenvalue weighted by Gasteiger charge is 2.18. The van der Waals surface area contributed by atoms with E-state index in [4.69, 9.17) is 0 Å². The van der Waals surface area contributed by atoms with Crippen molar-refractivity contribution >= 4 is 0 Å². The Labute approximate surface area is 78.6 Å². The average Bonchev–Trinajstić information content (AvgIpc) is 2.61. The SMILES string of the molecule is Cc1ccc(O)cc1[C@H]1CCNC1. The standard InChI is InChI=1S/C11H15NO/c1-8-2-3-10(13)6-11(8)9-4-5-12-7-9/h2-3,6,9,12-13H,4-5,7H2,1H3/t9-/m0/s1. The van der Waals surface area contributed by atoms with E-state index in [1.54, 1.807) is 6.07 Å². The highest BCUT2D eigenvalue weighted by atomic mass is 16.3. The van der Waals surface area contributed by atoms with Crippen molar-refractivity contribution in [3.63, 3.8) is 0 Å². The van der Waals surface area contributed by atoms with Gasteiger partial charge in [-0.25, -0.2) is 0 Å². The fourth-order valence-electron chi connectivity index (χ4n) is 1.99. The highest BCUT2D eigenvalue weighted by molar-refractivity contribution is 5.37. The molecule has 0 bridgehead atoms. The smallest absolute Gasteiger partial charge is 0.115 e. The van der Waals surface area contributed by atoms with E-state index >= 15 is 0 Å². The lowest BCUT2D eigenvalue weighted by Crippen LogP contribution is -2.08. The van der Waals surface area contributed by atoms with E-state index < -0.39 is 0 Å². The van der Waals surface area contributed by atoms with Crippen LogP contribution in [0.1, 0.15) is 23.5 Å². The molecule has 1 aliphatic rings. The maximum Gasteiger partial charge on any atom is 0.115 e. The van der Waals surface area contributed by atoms with Crippen molar-refractivity contribution in [3.05, 3.63) is 29.3 Å². The number of hydrogen-bond donors (Lipinski definition) is 2. The van der Waals surface area contributed by atoms with Crippen LogP contribution in [0, 0.1) is 6.92 Å². The third-order valence-corrected chi connectivity index (χ3v) is 2.76. The Morgan fingerprint density at radius 1 is 1.46 bits per heavy atom. The van der Waals surface area contributed by atoms with Gasteiger partial charge in [0.2, 0.25) is 0 Å². The first-order valence-electron chi connectivity index (χ1n) is 4.77. The van der Waals surface area contributed by atoms with Crippen LogP contribution in [0.2, 0.25) is 0 Å². The zero-order valence-corrected chi connectivity index (χ0v) is 7.88. The number of aromatic hydroxyl groups is 1. The van der Waals surface area contributed by atoms with Crippen LogP contribution in [0.15, 0.2) is 18.2 Å². The summed E-state index contributed by atoms with van der Waals surface area (Å²) in [6, 6.07) is 5.64. The Hall–Kier alpha value is -1.02. The molecule has 1 aromatic carbocycles. The molecule has 0 spiro atoms. The van der Waals surface area contributed by atoms with E-state index in [0.29, 0.717) is 11.7 Å². The lowest BCUT2D eigenvalue weighted by Gasteiger charge is -2.12. The minimum absolute atomic E-state index is 0.382. The molecular formula is C11H15NO. The molecule has 1 aliphatic heterocycles. The first-order valence-corrected chi connectivity index (χ1v) is 4.77. The zero-order chi connectivity index (χ0) is 9.26. The second-order valence-electron chi connectivity index (χ2n) is 3.73. The second-order valence-corrected chi connectivity index (χ2v) is 3.73. The van der Waals surface area contributed by atoms with Crippen LogP contribution in [0.4, 0.5) is 0 Å². The molecule has 1 atom stereocenters. The topological polar surface area (TPSA) is 32.3 Å². The van der Waals surface area contributed by atoms with Crippen LogP contribution in [0.5, 0.6) is 5.75 Å². The summed E-state index contributed by atoms with van der Waals surface area (Å²) in [7, 11) is 0. The van der Waals surface area contributed by atoms with E-state index in [1.165, 1.54) is 17.5 Å². The summed E-state index contributed by atoms with van der Waals surface area (Å²) < 4.78 is 0. The molecule has 0 aliphatic carbocycles. The molecule has 2 N–H and O–H groups in total. The predicted molar refractivity (Wildman–Crippen MR) is 53.1 cm³/mol. The van der Waals surface area contributed by atoms with E-state index in [2.05, 4.69) is 12.2 Å². The van der Waals surface area contributed by atoms with Crippen molar-refractivity contribution in [2.45, 2.75) is 19.3 Å². The maximum atomic E-state index is 9.38. The van der Waals surface area contributed by atoms with Crippen LogP contribution in [0.25, 0.3) is 0 Å². The van der Waals surface area contributed by atoms with Gasteiger partial charge in [0.15, 0.2) is 0 Å². The van der Waals surface area contributed by atoms with E-state index in [9.17, 15) is 5.11 Å². The number of phenolic OH excluding ortho intramolecular Hbond substituents is 1. The minimum atomic E-state index is 0.382. The number of phenols is 1. The summed E-state index contributed by atoms with van der Waals surface area (Å²) in [6.45, 7) is 4.25. The number of hydrogen-bond acceptors (Lipinski definition) is 2. The molecule has 2 heteroatoms. The van der Waals surface area contributed by atoms with Crippen molar-refractivity contribution in [1.82, 2.24) is 5.32 Å². The van der Waals surface area contributed by atoms with E-state index in [0.717, 1.165) is 13.1 Å². The Bertz CT molecular complexity index is 303. The molecule has 0 radical (unpaired) electrons. The zero-order valence-electron chi connectivity index (χ0n) is 7.88. The molecule has 2 nitrogen and oxygen atoms in total. The fourth-order valence-corrected chi connectivity index (χ4v) is 1.99. The van der Waals surface area contributed by atoms with Gasteiger partial charge in [-0.3, -0.25) is 0 Å². The Morgan fingerprint density at radius 3 is 3.00 bits per heavy atom. The molecule has 1 fully saturated rings. The quantitative estimate of drug-likeness (QED) is 0.685. The molecule has 0 unspecified atom stereocenters. The van der Waals surface area contributed by atoms with Crippen LogP contribution in [0.3, 0.4) is 0 Å². The molecule has 2 rings (SSSR count). The van der Waals surface area contributed by atoms with Gasteiger partial charge in [-0.15, -0.1) is 0 Å². The first-order chi connectivity index (χ1) is 6.27. The molecule has 70 valence electrons. The molecule has 13 heavy (non-hydrogen) atoms. The lowest BCUT2D eigenvalue weighted by molar-refractivity contribution is 0.473. The number of rotatable bonds is 1. The van der Waals surface area contributed by atoms with Gasteiger partial charge < -0.3 is 10.4 Å². The van der Waals surface area contributed by atoms with Gasteiger partial charge in [0.05, 0.1) is 0 Å². The Balaban J connectivity index is 2.32. The summed E-state index contributed by atoms with van der Waals surface area (Å²) >= 11 is 0. The van der Waals surface area contributed by atoms with Gasteiger partial charge in [-0.05, 0) is 49.1 Å². The summed E-state index contributed by atoms with van der Waals surface area (Å²) in [5.41, 5.74) is 2.58. The van der Waals surface area contributed by atoms with E-state index in [-0.39, 0.29) is 0 Å². The van der Waals surface area contributed by atoms with E-state index in [1.807, 2.05) is 12.1 Å². The van der Waals surface area contributed by atoms with Gasteiger partial charge in [-0.1, -0.05) is 6.07 Å². The Morgan fingerprint density at radius 2 is 2.31 bits per heavy atom. The largest absolute Gasteiger partial charge is 0.508 e. The third kappa shape index (κ3) is 1.68. The number of nitrogens with one attached hydrogen (secondary N) is 1. The summed E-state index contributed by atoms with van der Waals surface area (Å²) in [5.74, 6) is 0.972. The van der Waals surface area contributed by atoms with Gasteiger partial charge in [-0.2, -0.15) is 0 Å². The maximum absolute atomic E-state index is 9.38. The fraction of sp³-hybridized carbons (Fsp3) is 0.455. The molecular weight excluding hydrogens is 162 g/mol. The van der Waals surface area contributed by atoms with Crippen molar-refractivity contribution in [2.24, 2.45) is 0 Å². The third-order valence-electron chi connectivity index (χ3n) is 2.76. The lowest BCUT2D eigenvalue weighted by atomic mass is 9.94. The van der Waals surface area contributed by atoms with Gasteiger partial charge in [0.25, 0.3) is 0 Å². The average molecular weight is 177 g/mol. The van der Waals surface area contributed by atoms with Gasteiger partial charge in [0.1, 0.15) is 5.75 Å². The van der Waals surface area contributed by atoms with Crippen molar-refractivity contribution in [1.29, 1.82) is 0 Å². The number of benzene rings is 1. The van der Waals surface area contributed by atoms with Crippen LogP contribution >= 0.6 is 0 Å². The second kappa shape index (κ2) is 3.38. The molecule has 1 aromatic rings. The normalized spacial score (nSPS) is 22.1. The van der Waals surface area contributed by atoms with Gasteiger partial charge in [0, 0.05) is 6.54 Å². The first kappa shape index (κ1) is 8.57. The summed E-state index contributed by atoms with van der Waals surface area (Å²) in [5, 5.41) is 12.7. The van der Waals surface area contributed by atoms with Crippen molar-refractivity contribution < 1.29 is 5.11 Å². The Kier molecular flexibility index (Phi) is 2.23. The highest BCUT2D eigenvalue weighted by Crippen LogP contribution is 2.27.